The van der Waals surface area contributed by atoms with E-state index in [4.69, 9.17) is 0 Å². The van der Waals surface area contributed by atoms with E-state index >= 15 is 0 Å². The second-order valence-electron chi connectivity index (χ2n) is 5.78. The van der Waals surface area contributed by atoms with E-state index in [0.29, 0.717) is 11.4 Å². The fourth-order valence-electron chi connectivity index (χ4n) is 2.82. The molecule has 0 unspecified atom stereocenters. The first-order valence-electron chi connectivity index (χ1n) is 7.90. The van der Waals surface area contributed by atoms with Crippen LogP contribution in [0.1, 0.15) is 12.0 Å². The molecule has 0 fully saturated rings. The quantitative estimate of drug-likeness (QED) is 0.846. The number of nitrogens with zero attached hydrogens (tertiary/aromatic N) is 1. The largest absolute Gasteiger partial charge is 0.298 e. The van der Waals surface area contributed by atoms with E-state index in [0.717, 1.165) is 19.5 Å². The molecule has 0 bridgehead atoms. The smallest absolute Gasteiger partial charge is 0.179 e. The van der Waals surface area contributed by atoms with Crippen LogP contribution in [0.5, 0.6) is 0 Å². The second kappa shape index (κ2) is 7.11. The first kappa shape index (κ1) is 16.0. The molecule has 3 nitrogen and oxygen atoms in total. The summed E-state index contributed by atoms with van der Waals surface area (Å²) in [5.41, 5.74) is 2.62. The van der Waals surface area contributed by atoms with E-state index in [9.17, 15) is 8.42 Å². The van der Waals surface area contributed by atoms with Crippen molar-refractivity contribution in [1.82, 2.24) is 4.90 Å². The van der Waals surface area contributed by atoms with Crippen LogP contribution in [-0.4, -0.2) is 38.7 Å². The third-order valence-corrected chi connectivity index (χ3v) is 5.93. The number of benzene rings is 2. The van der Waals surface area contributed by atoms with Gasteiger partial charge in [0.15, 0.2) is 9.84 Å². The summed E-state index contributed by atoms with van der Waals surface area (Å²) < 4.78 is 24.6. The number of sulfone groups is 1. The van der Waals surface area contributed by atoms with Gasteiger partial charge in [-0.15, -0.1) is 0 Å². The Balaban J connectivity index is 1.58. The van der Waals surface area contributed by atoms with Crippen LogP contribution in [0.4, 0.5) is 0 Å². The van der Waals surface area contributed by atoms with Crippen molar-refractivity contribution in [3.05, 3.63) is 72.3 Å². The van der Waals surface area contributed by atoms with Gasteiger partial charge in [0.2, 0.25) is 0 Å². The maximum atomic E-state index is 12.3. The topological polar surface area (TPSA) is 37.4 Å². The second-order valence-corrected chi connectivity index (χ2v) is 7.89. The van der Waals surface area contributed by atoms with Crippen LogP contribution in [0.25, 0.3) is 5.57 Å². The zero-order valence-electron chi connectivity index (χ0n) is 13.1. The molecule has 2 aromatic rings. The molecule has 0 saturated heterocycles. The van der Waals surface area contributed by atoms with Gasteiger partial charge in [-0.25, -0.2) is 8.42 Å². The molecule has 23 heavy (non-hydrogen) atoms. The molecule has 1 aliphatic rings. The number of rotatable bonds is 5. The van der Waals surface area contributed by atoms with E-state index in [1.807, 2.05) is 12.1 Å². The van der Waals surface area contributed by atoms with Crippen molar-refractivity contribution in [3.63, 3.8) is 0 Å². The Morgan fingerprint density at radius 3 is 2.17 bits per heavy atom. The molecular weight excluding hydrogens is 306 g/mol. The standard InChI is InChI=1S/C19H21NO2S/c21-23(22,19-9-5-2-6-10-19)16-15-20-13-11-18(12-14-20)17-7-3-1-4-8-17/h1-11H,12-16H2. The van der Waals surface area contributed by atoms with Crippen molar-refractivity contribution < 1.29 is 8.42 Å². The molecule has 0 aliphatic carbocycles. The predicted molar refractivity (Wildman–Crippen MR) is 94.0 cm³/mol. The van der Waals surface area contributed by atoms with Gasteiger partial charge in [-0.1, -0.05) is 54.6 Å². The summed E-state index contributed by atoms with van der Waals surface area (Å²) >= 11 is 0. The van der Waals surface area contributed by atoms with Crippen LogP contribution >= 0.6 is 0 Å². The number of hydrogen-bond acceptors (Lipinski definition) is 3. The van der Waals surface area contributed by atoms with Crippen molar-refractivity contribution in [3.8, 4) is 0 Å². The van der Waals surface area contributed by atoms with Crippen molar-refractivity contribution in [2.75, 3.05) is 25.4 Å². The van der Waals surface area contributed by atoms with Crippen LogP contribution in [0.3, 0.4) is 0 Å². The highest BCUT2D eigenvalue weighted by atomic mass is 32.2. The van der Waals surface area contributed by atoms with Crippen molar-refractivity contribution in [2.24, 2.45) is 0 Å². The lowest BCUT2D eigenvalue weighted by Crippen LogP contribution is -2.33. The first-order chi connectivity index (χ1) is 11.1. The molecular formula is C19H21NO2S. The summed E-state index contributed by atoms with van der Waals surface area (Å²) in [6.07, 6.45) is 3.18. The zero-order valence-corrected chi connectivity index (χ0v) is 13.9. The van der Waals surface area contributed by atoms with Crippen LogP contribution in [0.2, 0.25) is 0 Å². The fourth-order valence-corrected chi connectivity index (χ4v) is 4.13. The molecule has 3 rings (SSSR count). The van der Waals surface area contributed by atoms with Crippen molar-refractivity contribution in [1.29, 1.82) is 0 Å². The Bertz CT molecular complexity index is 768. The van der Waals surface area contributed by atoms with Crippen LogP contribution in [0, 0.1) is 0 Å². The van der Waals surface area contributed by atoms with E-state index in [-0.39, 0.29) is 5.75 Å². The SMILES string of the molecule is O=S(=O)(CCN1CC=C(c2ccccc2)CC1)c1ccccc1. The maximum Gasteiger partial charge on any atom is 0.179 e. The Labute approximate surface area is 138 Å². The van der Waals surface area contributed by atoms with Crippen LogP contribution in [-0.2, 0) is 9.84 Å². The lowest BCUT2D eigenvalue weighted by atomic mass is 10.00. The summed E-state index contributed by atoms with van der Waals surface area (Å²) in [4.78, 5) is 2.62. The third kappa shape index (κ3) is 4.09. The molecule has 0 saturated carbocycles. The van der Waals surface area contributed by atoms with E-state index in [1.54, 1.807) is 24.3 Å². The molecule has 0 radical (unpaired) electrons. The molecule has 0 aromatic heterocycles. The Hall–Kier alpha value is -1.91. The molecule has 1 heterocycles. The summed E-state index contributed by atoms with van der Waals surface area (Å²) in [5, 5.41) is 0. The zero-order chi connectivity index (χ0) is 16.1. The molecule has 0 atom stereocenters. The van der Waals surface area contributed by atoms with E-state index in [1.165, 1.54) is 11.1 Å². The third-order valence-electron chi connectivity index (χ3n) is 4.22. The molecule has 0 N–H and O–H groups in total. The van der Waals surface area contributed by atoms with Gasteiger partial charge in [-0.3, -0.25) is 4.90 Å². The molecule has 2 aromatic carbocycles. The van der Waals surface area contributed by atoms with Gasteiger partial charge in [0.1, 0.15) is 0 Å². The average molecular weight is 327 g/mol. The van der Waals surface area contributed by atoms with Crippen LogP contribution < -0.4 is 0 Å². The minimum absolute atomic E-state index is 0.172. The molecule has 1 aliphatic heterocycles. The highest BCUT2D eigenvalue weighted by Gasteiger charge is 2.18. The molecule has 4 heteroatoms. The molecule has 120 valence electrons. The van der Waals surface area contributed by atoms with E-state index < -0.39 is 9.84 Å². The molecule has 0 amide bonds. The monoisotopic (exact) mass is 327 g/mol. The van der Waals surface area contributed by atoms with Crippen LogP contribution in [0.15, 0.2) is 71.6 Å². The summed E-state index contributed by atoms with van der Waals surface area (Å²) in [7, 11) is -3.19. The normalized spacial score (nSPS) is 16.1. The minimum atomic E-state index is -3.19. The Kier molecular flexibility index (Phi) is 4.94. The van der Waals surface area contributed by atoms with Crippen molar-refractivity contribution in [2.45, 2.75) is 11.3 Å². The van der Waals surface area contributed by atoms with Gasteiger partial charge in [0.25, 0.3) is 0 Å². The summed E-state index contributed by atoms with van der Waals surface area (Å²) in [5.74, 6) is 0.172. The minimum Gasteiger partial charge on any atom is -0.298 e. The fraction of sp³-hybridized carbons (Fsp3) is 0.263. The first-order valence-corrected chi connectivity index (χ1v) is 9.55. The number of hydrogen-bond donors (Lipinski definition) is 0. The lowest BCUT2D eigenvalue weighted by molar-refractivity contribution is 0.319. The van der Waals surface area contributed by atoms with Gasteiger partial charge in [-0.05, 0) is 29.7 Å². The molecule has 0 spiro atoms. The Morgan fingerprint density at radius 2 is 1.57 bits per heavy atom. The van der Waals surface area contributed by atoms with Gasteiger partial charge >= 0.3 is 0 Å². The summed E-state index contributed by atoms with van der Waals surface area (Å²) in [6.45, 7) is 2.30. The van der Waals surface area contributed by atoms with Gasteiger partial charge in [0, 0.05) is 19.6 Å². The Morgan fingerprint density at radius 1 is 0.913 bits per heavy atom. The highest BCUT2D eigenvalue weighted by Crippen LogP contribution is 2.22. The van der Waals surface area contributed by atoms with Crippen molar-refractivity contribution >= 4 is 15.4 Å². The maximum absolute atomic E-state index is 12.3. The average Bonchev–Trinajstić information content (AvgIpc) is 2.62. The van der Waals surface area contributed by atoms with Gasteiger partial charge in [-0.2, -0.15) is 0 Å². The predicted octanol–water partition coefficient (Wildman–Crippen LogP) is 3.25. The van der Waals surface area contributed by atoms with Gasteiger partial charge < -0.3 is 0 Å². The summed E-state index contributed by atoms with van der Waals surface area (Å²) in [6, 6.07) is 19.1. The lowest BCUT2D eigenvalue weighted by Gasteiger charge is -2.26. The highest BCUT2D eigenvalue weighted by molar-refractivity contribution is 7.91. The van der Waals surface area contributed by atoms with Gasteiger partial charge in [0.05, 0.1) is 10.6 Å². The van der Waals surface area contributed by atoms with E-state index in [2.05, 4.69) is 35.2 Å².